The van der Waals surface area contributed by atoms with Crippen molar-refractivity contribution < 1.29 is 23.5 Å². The van der Waals surface area contributed by atoms with Crippen LogP contribution in [-0.2, 0) is 19.7 Å². The maximum atomic E-state index is 14.4. The van der Waals surface area contributed by atoms with Gasteiger partial charge in [0.05, 0.1) is 13.2 Å². The number of hydrogen-bond donors (Lipinski definition) is 0. The molecule has 0 bridgehead atoms. The molecule has 0 radical (unpaired) electrons. The number of piperidine rings is 2. The largest absolute Gasteiger partial charge is 0.444 e. The summed E-state index contributed by atoms with van der Waals surface area (Å²) in [5.74, 6) is 0.709. The van der Waals surface area contributed by atoms with E-state index in [9.17, 15) is 14.0 Å². The summed E-state index contributed by atoms with van der Waals surface area (Å²) < 4.78 is 25.5. The lowest BCUT2D eigenvalue weighted by molar-refractivity contribution is -0.119. The summed E-state index contributed by atoms with van der Waals surface area (Å²) in [4.78, 5) is 32.7. The molecule has 2 aliphatic carbocycles. The number of carbonyl (C=O) groups is 2. The van der Waals surface area contributed by atoms with Gasteiger partial charge in [-0.2, -0.15) is 0 Å². The van der Waals surface area contributed by atoms with Crippen LogP contribution in [0.25, 0.3) is 0 Å². The fourth-order valence-corrected chi connectivity index (χ4v) is 7.93. The zero-order valence-electron chi connectivity index (χ0n) is 21.6. The number of nitrogens with zero attached hydrogens (tertiary/aromatic N) is 3. The van der Waals surface area contributed by atoms with Crippen molar-refractivity contribution in [2.24, 2.45) is 11.8 Å². The topological polar surface area (TPSA) is 62.3 Å². The number of likely N-dealkylation sites (tertiary alicyclic amines) is 2. The Morgan fingerprint density at radius 2 is 1.89 bits per heavy atom. The van der Waals surface area contributed by atoms with E-state index < -0.39 is 0 Å². The van der Waals surface area contributed by atoms with Gasteiger partial charge < -0.3 is 24.2 Å². The van der Waals surface area contributed by atoms with Gasteiger partial charge in [0.2, 0.25) is 5.91 Å². The molecule has 8 heteroatoms. The smallest absolute Gasteiger partial charge is 0.410 e. The molecular weight excluding hydrogens is 473 g/mol. The molecule has 4 atom stereocenters. The average Bonchev–Trinajstić information content (AvgIpc) is 3.32. The summed E-state index contributed by atoms with van der Waals surface area (Å²) in [5.41, 5.74) is 1.81. The van der Waals surface area contributed by atoms with Gasteiger partial charge in [-0.1, -0.05) is 0 Å². The zero-order chi connectivity index (χ0) is 25.1. The van der Waals surface area contributed by atoms with Crippen LogP contribution in [0.2, 0.25) is 0 Å². The number of ether oxygens (including phenoxy) is 2. The summed E-state index contributed by atoms with van der Waals surface area (Å²) in [6, 6.07) is 5.73. The molecule has 2 amide bonds. The molecule has 2 saturated carbocycles. The second kappa shape index (κ2) is 9.23. The van der Waals surface area contributed by atoms with E-state index in [2.05, 4.69) is 4.90 Å². The van der Waals surface area contributed by atoms with E-state index >= 15 is 0 Å². The van der Waals surface area contributed by atoms with E-state index in [4.69, 9.17) is 9.47 Å². The Kier molecular flexibility index (Phi) is 5.96. The molecule has 7 rings (SSSR count). The number of benzene rings is 1. The molecule has 37 heavy (non-hydrogen) atoms. The zero-order valence-corrected chi connectivity index (χ0v) is 21.6. The van der Waals surface area contributed by atoms with Crippen molar-refractivity contribution in [3.05, 3.63) is 29.6 Å². The maximum Gasteiger partial charge on any atom is 0.410 e. The van der Waals surface area contributed by atoms with Crippen molar-refractivity contribution >= 4 is 17.7 Å². The van der Waals surface area contributed by atoms with E-state index in [0.717, 1.165) is 82.3 Å². The second-order valence-corrected chi connectivity index (χ2v) is 12.3. The predicted octanol–water partition coefficient (Wildman–Crippen LogP) is 4.08. The van der Waals surface area contributed by atoms with Crippen molar-refractivity contribution in [3.8, 4) is 0 Å². The first-order valence-corrected chi connectivity index (χ1v) is 14.4. The van der Waals surface area contributed by atoms with Crippen LogP contribution in [0.4, 0.5) is 14.9 Å². The molecule has 5 fully saturated rings. The van der Waals surface area contributed by atoms with E-state index in [1.165, 1.54) is 12.5 Å². The molecule has 4 heterocycles. The third-order valence-electron chi connectivity index (χ3n) is 10.1. The van der Waals surface area contributed by atoms with Crippen LogP contribution in [0, 0.1) is 17.7 Å². The maximum absolute atomic E-state index is 14.4. The lowest BCUT2D eigenvalue weighted by Crippen LogP contribution is -2.49. The van der Waals surface area contributed by atoms with E-state index in [0.29, 0.717) is 31.7 Å². The molecule has 3 saturated heterocycles. The summed E-state index contributed by atoms with van der Waals surface area (Å²) >= 11 is 0. The summed E-state index contributed by atoms with van der Waals surface area (Å²) in [7, 11) is 0. The minimum absolute atomic E-state index is 0.103. The molecule has 3 unspecified atom stereocenters. The Labute approximate surface area is 218 Å². The monoisotopic (exact) mass is 511 g/mol. The van der Waals surface area contributed by atoms with Gasteiger partial charge in [0.15, 0.2) is 0 Å². The average molecular weight is 512 g/mol. The van der Waals surface area contributed by atoms with Gasteiger partial charge in [0, 0.05) is 48.6 Å². The van der Waals surface area contributed by atoms with Gasteiger partial charge in [-0.25, -0.2) is 9.18 Å². The number of carbonyl (C=O) groups excluding carboxylic acids is 2. The van der Waals surface area contributed by atoms with Crippen molar-refractivity contribution in [1.82, 2.24) is 9.80 Å². The highest BCUT2D eigenvalue weighted by Crippen LogP contribution is 2.50. The summed E-state index contributed by atoms with van der Waals surface area (Å²) in [6.07, 6.45) is 8.74. The molecule has 4 aliphatic heterocycles. The van der Waals surface area contributed by atoms with Gasteiger partial charge in [0.1, 0.15) is 11.9 Å². The van der Waals surface area contributed by atoms with Gasteiger partial charge in [0.25, 0.3) is 0 Å². The van der Waals surface area contributed by atoms with Crippen LogP contribution in [0.15, 0.2) is 18.2 Å². The lowest BCUT2D eigenvalue weighted by Gasteiger charge is -2.42. The number of anilines is 1. The Balaban J connectivity index is 1.03. The molecule has 1 aromatic carbocycles. The number of amides is 2. The summed E-state index contributed by atoms with van der Waals surface area (Å²) in [6.45, 7) is 4.57. The Morgan fingerprint density at radius 3 is 2.65 bits per heavy atom. The SMILES string of the molecule is O=C(C1CC1)N1CC2(CCN(C3CC4CCCN(C(=O)O[C@@H]5CCOC5)C4C3)CC2)c2cc(F)ccc21. The Morgan fingerprint density at radius 1 is 1.05 bits per heavy atom. The molecule has 6 aliphatic rings. The molecule has 0 aromatic heterocycles. The van der Waals surface area contributed by atoms with Crippen LogP contribution in [0.5, 0.6) is 0 Å². The normalized spacial score (nSPS) is 33.0. The molecule has 200 valence electrons. The number of rotatable bonds is 3. The molecule has 1 spiro atoms. The standard InChI is InChI=1S/C29H38FN3O4/c30-21-5-6-25-24(15-21)29(18-33(25)27(34)19-3-4-19)8-11-31(12-9-29)22-14-20-2-1-10-32(26(20)16-22)28(35)37-23-7-13-36-17-23/h5-6,15,19-20,22-23,26H,1-4,7-14,16-18H2/t20?,22?,23-,26?/m1/s1. The van der Waals surface area contributed by atoms with Crippen molar-refractivity contribution in [2.45, 2.75) is 81.4 Å². The van der Waals surface area contributed by atoms with Crippen LogP contribution in [0.1, 0.15) is 63.4 Å². The number of hydrogen-bond acceptors (Lipinski definition) is 5. The van der Waals surface area contributed by atoms with E-state index in [1.807, 2.05) is 15.9 Å². The Bertz CT molecular complexity index is 1060. The van der Waals surface area contributed by atoms with Crippen LogP contribution >= 0.6 is 0 Å². The highest BCUT2D eigenvalue weighted by Gasteiger charge is 2.51. The summed E-state index contributed by atoms with van der Waals surface area (Å²) in [5, 5.41) is 0. The minimum atomic E-state index is -0.211. The Hall–Kier alpha value is -2.19. The molecule has 0 N–H and O–H groups in total. The number of halogens is 1. The lowest BCUT2D eigenvalue weighted by atomic mass is 9.74. The van der Waals surface area contributed by atoms with Gasteiger partial charge in [-0.3, -0.25) is 4.79 Å². The fraction of sp³-hybridized carbons (Fsp3) is 0.724. The highest BCUT2D eigenvalue weighted by molar-refractivity contribution is 5.99. The van der Waals surface area contributed by atoms with Gasteiger partial charge >= 0.3 is 6.09 Å². The highest BCUT2D eigenvalue weighted by atomic mass is 19.1. The fourth-order valence-electron chi connectivity index (χ4n) is 7.93. The first kappa shape index (κ1) is 23.9. The first-order chi connectivity index (χ1) is 18.0. The van der Waals surface area contributed by atoms with Crippen LogP contribution < -0.4 is 4.90 Å². The van der Waals surface area contributed by atoms with Crippen molar-refractivity contribution in [3.63, 3.8) is 0 Å². The quantitative estimate of drug-likeness (QED) is 0.612. The predicted molar refractivity (Wildman–Crippen MR) is 136 cm³/mol. The van der Waals surface area contributed by atoms with E-state index in [-0.39, 0.29) is 41.3 Å². The van der Waals surface area contributed by atoms with Crippen molar-refractivity contribution in [1.29, 1.82) is 0 Å². The molecular formula is C29H38FN3O4. The molecule has 1 aromatic rings. The minimum Gasteiger partial charge on any atom is -0.444 e. The third kappa shape index (κ3) is 4.24. The molecule has 7 nitrogen and oxygen atoms in total. The second-order valence-electron chi connectivity index (χ2n) is 12.3. The number of fused-ring (bicyclic) bond motifs is 3. The van der Waals surface area contributed by atoms with Gasteiger partial charge in [-0.05, 0) is 94.1 Å². The van der Waals surface area contributed by atoms with E-state index in [1.54, 1.807) is 6.07 Å². The van der Waals surface area contributed by atoms with Crippen molar-refractivity contribution in [2.75, 3.05) is 44.3 Å². The van der Waals surface area contributed by atoms with Crippen LogP contribution in [-0.4, -0.2) is 79.4 Å². The van der Waals surface area contributed by atoms with Crippen LogP contribution in [0.3, 0.4) is 0 Å². The third-order valence-corrected chi connectivity index (χ3v) is 10.1. The van der Waals surface area contributed by atoms with Gasteiger partial charge in [-0.15, -0.1) is 0 Å². The first-order valence-electron chi connectivity index (χ1n) is 14.4.